The molecule has 14 heavy (non-hydrogen) atoms. The van der Waals surface area contributed by atoms with Crippen molar-refractivity contribution >= 4 is 17.4 Å². The fourth-order valence-corrected chi connectivity index (χ4v) is 1.62. The van der Waals surface area contributed by atoms with E-state index in [9.17, 15) is 0 Å². The van der Waals surface area contributed by atoms with Crippen molar-refractivity contribution in [3.05, 3.63) is 17.5 Å². The molecule has 0 radical (unpaired) electrons. The topological polar surface area (TPSA) is 29.0 Å². The van der Waals surface area contributed by atoms with Gasteiger partial charge < -0.3 is 4.90 Å². The lowest BCUT2D eigenvalue weighted by molar-refractivity contribution is 0.418. The van der Waals surface area contributed by atoms with Crippen molar-refractivity contribution in [2.24, 2.45) is 5.41 Å². The molecule has 0 bridgehead atoms. The van der Waals surface area contributed by atoms with Crippen molar-refractivity contribution in [1.29, 1.82) is 0 Å². The van der Waals surface area contributed by atoms with Gasteiger partial charge in [-0.25, -0.2) is 9.97 Å². The van der Waals surface area contributed by atoms with Gasteiger partial charge in [-0.05, 0) is 5.41 Å². The highest BCUT2D eigenvalue weighted by Crippen LogP contribution is 2.23. The standard InChI is InChI=1S/C10H16ClN3/c1-10(2,3)6-14(4)9-8(11)5-12-7-13-9/h5,7H,6H2,1-4H3. The molecule has 4 heteroatoms. The van der Waals surface area contributed by atoms with Crippen LogP contribution in [0.1, 0.15) is 20.8 Å². The minimum absolute atomic E-state index is 0.225. The van der Waals surface area contributed by atoms with Crippen molar-refractivity contribution in [3.8, 4) is 0 Å². The van der Waals surface area contributed by atoms with Gasteiger partial charge in [0.25, 0.3) is 0 Å². The molecule has 0 fully saturated rings. The summed E-state index contributed by atoms with van der Waals surface area (Å²) < 4.78 is 0. The second-order valence-corrected chi connectivity index (χ2v) is 5.02. The van der Waals surface area contributed by atoms with Crippen LogP contribution in [0.4, 0.5) is 5.82 Å². The summed E-state index contributed by atoms with van der Waals surface area (Å²) in [7, 11) is 1.99. The quantitative estimate of drug-likeness (QED) is 0.756. The van der Waals surface area contributed by atoms with Crippen molar-refractivity contribution in [3.63, 3.8) is 0 Å². The molecule has 0 aromatic carbocycles. The van der Waals surface area contributed by atoms with E-state index in [-0.39, 0.29) is 5.41 Å². The summed E-state index contributed by atoms with van der Waals surface area (Å²) in [6.07, 6.45) is 3.13. The van der Waals surface area contributed by atoms with Crippen LogP contribution in [-0.2, 0) is 0 Å². The van der Waals surface area contributed by atoms with Crippen LogP contribution in [0.2, 0.25) is 5.02 Å². The summed E-state index contributed by atoms with van der Waals surface area (Å²) in [5, 5.41) is 0.597. The summed E-state index contributed by atoms with van der Waals surface area (Å²) in [5.41, 5.74) is 0.225. The number of hydrogen-bond acceptors (Lipinski definition) is 3. The summed E-state index contributed by atoms with van der Waals surface area (Å²) in [5.74, 6) is 0.789. The highest BCUT2D eigenvalue weighted by Gasteiger charge is 2.16. The third kappa shape index (κ3) is 3.14. The zero-order valence-corrected chi connectivity index (χ0v) is 9.84. The molecule has 1 aromatic heterocycles. The Kier molecular flexibility index (Phi) is 3.32. The van der Waals surface area contributed by atoms with Gasteiger partial charge in [0.15, 0.2) is 5.82 Å². The maximum Gasteiger partial charge on any atom is 0.150 e. The van der Waals surface area contributed by atoms with Gasteiger partial charge in [0, 0.05) is 13.6 Å². The molecule has 0 unspecified atom stereocenters. The smallest absolute Gasteiger partial charge is 0.150 e. The number of rotatable bonds is 2. The van der Waals surface area contributed by atoms with Gasteiger partial charge in [0.1, 0.15) is 11.3 Å². The average molecular weight is 214 g/mol. The van der Waals surface area contributed by atoms with E-state index in [2.05, 4.69) is 30.7 Å². The minimum atomic E-state index is 0.225. The molecule has 0 saturated carbocycles. The van der Waals surface area contributed by atoms with Crippen LogP contribution in [0.3, 0.4) is 0 Å². The lowest BCUT2D eigenvalue weighted by Crippen LogP contribution is -2.29. The third-order valence-corrected chi connectivity index (χ3v) is 1.99. The molecule has 0 aliphatic rings. The van der Waals surface area contributed by atoms with Crippen molar-refractivity contribution < 1.29 is 0 Å². The first kappa shape index (κ1) is 11.2. The number of anilines is 1. The van der Waals surface area contributed by atoms with Crippen LogP contribution in [0.25, 0.3) is 0 Å². The minimum Gasteiger partial charge on any atom is -0.358 e. The first-order valence-corrected chi connectivity index (χ1v) is 4.94. The summed E-state index contributed by atoms with van der Waals surface area (Å²) in [6, 6.07) is 0. The Labute approximate surface area is 90.1 Å². The maximum atomic E-state index is 5.98. The molecule has 0 amide bonds. The highest BCUT2D eigenvalue weighted by molar-refractivity contribution is 6.32. The van der Waals surface area contributed by atoms with Crippen LogP contribution in [-0.4, -0.2) is 23.6 Å². The molecular formula is C10H16ClN3. The Hall–Kier alpha value is -0.830. The van der Waals surface area contributed by atoms with E-state index in [4.69, 9.17) is 11.6 Å². The van der Waals surface area contributed by atoms with Crippen LogP contribution in [0, 0.1) is 5.41 Å². The summed E-state index contributed by atoms with van der Waals surface area (Å²) in [4.78, 5) is 10.0. The van der Waals surface area contributed by atoms with Crippen LogP contribution < -0.4 is 4.90 Å². The Balaban J connectivity index is 2.80. The Bertz CT molecular complexity index is 306. The molecule has 0 spiro atoms. The molecule has 0 N–H and O–H groups in total. The Morgan fingerprint density at radius 1 is 1.43 bits per heavy atom. The molecule has 0 aliphatic carbocycles. The second kappa shape index (κ2) is 4.13. The molecule has 0 atom stereocenters. The molecule has 3 nitrogen and oxygen atoms in total. The van der Waals surface area contributed by atoms with Crippen LogP contribution >= 0.6 is 11.6 Å². The number of nitrogens with zero attached hydrogens (tertiary/aromatic N) is 3. The SMILES string of the molecule is CN(CC(C)(C)C)c1ncncc1Cl. The van der Waals surface area contributed by atoms with Gasteiger partial charge in [0.2, 0.25) is 0 Å². The van der Waals surface area contributed by atoms with E-state index in [0.29, 0.717) is 5.02 Å². The first-order chi connectivity index (χ1) is 6.40. The monoisotopic (exact) mass is 213 g/mol. The molecule has 1 heterocycles. The highest BCUT2D eigenvalue weighted by atomic mass is 35.5. The number of halogens is 1. The molecule has 1 aromatic rings. The van der Waals surface area contributed by atoms with E-state index in [1.54, 1.807) is 6.20 Å². The number of aromatic nitrogens is 2. The van der Waals surface area contributed by atoms with Crippen LogP contribution in [0.5, 0.6) is 0 Å². The zero-order chi connectivity index (χ0) is 10.8. The maximum absolute atomic E-state index is 5.98. The van der Waals surface area contributed by atoms with Gasteiger partial charge in [-0.3, -0.25) is 0 Å². The fourth-order valence-electron chi connectivity index (χ4n) is 1.37. The predicted octanol–water partition coefficient (Wildman–Crippen LogP) is 2.61. The van der Waals surface area contributed by atoms with Gasteiger partial charge in [0.05, 0.1) is 6.20 Å². The van der Waals surface area contributed by atoms with Crippen LogP contribution in [0.15, 0.2) is 12.5 Å². The van der Waals surface area contributed by atoms with Crippen molar-refractivity contribution in [2.75, 3.05) is 18.5 Å². The Morgan fingerprint density at radius 2 is 2.07 bits per heavy atom. The lowest BCUT2D eigenvalue weighted by atomic mass is 9.96. The molecular weight excluding hydrogens is 198 g/mol. The zero-order valence-electron chi connectivity index (χ0n) is 9.08. The molecule has 0 saturated heterocycles. The average Bonchev–Trinajstić information content (AvgIpc) is 2.01. The van der Waals surface area contributed by atoms with Crippen molar-refractivity contribution in [1.82, 2.24) is 9.97 Å². The first-order valence-electron chi connectivity index (χ1n) is 4.57. The van der Waals surface area contributed by atoms with E-state index < -0.39 is 0 Å². The normalized spacial score (nSPS) is 11.5. The van der Waals surface area contributed by atoms with Gasteiger partial charge in [-0.15, -0.1) is 0 Å². The molecule has 0 aliphatic heterocycles. The number of hydrogen-bond donors (Lipinski definition) is 0. The lowest BCUT2D eigenvalue weighted by Gasteiger charge is -2.27. The van der Waals surface area contributed by atoms with Gasteiger partial charge in [-0.1, -0.05) is 32.4 Å². The van der Waals surface area contributed by atoms with E-state index in [1.807, 2.05) is 11.9 Å². The Morgan fingerprint density at radius 3 is 2.57 bits per heavy atom. The molecule has 1 rings (SSSR count). The predicted molar refractivity (Wildman–Crippen MR) is 59.8 cm³/mol. The van der Waals surface area contributed by atoms with Gasteiger partial charge >= 0.3 is 0 Å². The van der Waals surface area contributed by atoms with Crippen molar-refractivity contribution in [2.45, 2.75) is 20.8 Å². The second-order valence-electron chi connectivity index (χ2n) is 4.61. The summed E-state index contributed by atoms with van der Waals surface area (Å²) >= 11 is 5.98. The molecule has 78 valence electrons. The summed E-state index contributed by atoms with van der Waals surface area (Å²) in [6.45, 7) is 7.44. The third-order valence-electron chi connectivity index (χ3n) is 1.72. The van der Waals surface area contributed by atoms with E-state index in [1.165, 1.54) is 6.33 Å². The largest absolute Gasteiger partial charge is 0.358 e. The van der Waals surface area contributed by atoms with E-state index >= 15 is 0 Å². The fraction of sp³-hybridized carbons (Fsp3) is 0.600. The van der Waals surface area contributed by atoms with E-state index in [0.717, 1.165) is 12.4 Å². The van der Waals surface area contributed by atoms with Gasteiger partial charge in [-0.2, -0.15) is 0 Å².